The van der Waals surface area contributed by atoms with Gasteiger partial charge in [-0.05, 0) is 42.1 Å². The van der Waals surface area contributed by atoms with E-state index in [4.69, 9.17) is 16.3 Å². The van der Waals surface area contributed by atoms with Gasteiger partial charge in [-0.25, -0.2) is 14.6 Å². The first-order chi connectivity index (χ1) is 14.0. The predicted octanol–water partition coefficient (Wildman–Crippen LogP) is 4.16. The number of nitrogens with one attached hydrogen (secondary N) is 1. The number of halogens is 2. The molecule has 0 fully saturated rings. The Morgan fingerprint density at radius 2 is 2.21 bits per heavy atom. The highest BCUT2D eigenvalue weighted by atomic mass is 32.2. The van der Waals surface area contributed by atoms with Gasteiger partial charge in [0.1, 0.15) is 11.4 Å². The maximum Gasteiger partial charge on any atom is 0.175 e. The number of hydrazine groups is 1. The molecule has 1 aromatic carbocycles. The SMILES string of the molecule is COc1cncc(/C(N)=C/N(N)c2c(F)ccc(NSC3=CPCC=C3)c2F)c1. The van der Waals surface area contributed by atoms with E-state index in [2.05, 4.69) is 21.6 Å². The van der Waals surface area contributed by atoms with Crippen molar-refractivity contribution in [2.45, 2.75) is 0 Å². The molecule has 1 unspecified atom stereocenters. The summed E-state index contributed by atoms with van der Waals surface area (Å²) in [6, 6.07) is 4.11. The minimum atomic E-state index is -0.823. The average Bonchev–Trinajstić information content (AvgIpc) is 2.74. The highest BCUT2D eigenvalue weighted by Gasteiger charge is 2.18. The van der Waals surface area contributed by atoms with Crippen LogP contribution in [0.2, 0.25) is 0 Å². The summed E-state index contributed by atoms with van der Waals surface area (Å²) in [5.74, 6) is 6.83. The van der Waals surface area contributed by atoms with Crippen LogP contribution in [0.1, 0.15) is 5.56 Å². The quantitative estimate of drug-likeness (QED) is 0.261. The Morgan fingerprint density at radius 3 is 2.93 bits per heavy atom. The molecular weight excluding hydrogens is 415 g/mol. The van der Waals surface area contributed by atoms with Crippen molar-refractivity contribution in [3.8, 4) is 5.75 Å². The Kier molecular flexibility index (Phi) is 7.09. The van der Waals surface area contributed by atoms with Crippen LogP contribution in [0.5, 0.6) is 5.75 Å². The molecule has 152 valence electrons. The maximum absolute atomic E-state index is 14.9. The van der Waals surface area contributed by atoms with Crippen molar-refractivity contribution in [1.82, 2.24) is 4.98 Å². The number of ether oxygens (including phenoxy) is 1. The number of rotatable bonds is 7. The van der Waals surface area contributed by atoms with Gasteiger partial charge in [0.25, 0.3) is 0 Å². The third-order valence-corrected chi connectivity index (χ3v) is 5.93. The van der Waals surface area contributed by atoms with E-state index in [-0.39, 0.29) is 11.4 Å². The molecule has 0 saturated carbocycles. The second kappa shape index (κ2) is 9.73. The van der Waals surface area contributed by atoms with Gasteiger partial charge in [0.2, 0.25) is 0 Å². The number of allylic oxidation sites excluding steroid dienone is 2. The van der Waals surface area contributed by atoms with Crippen molar-refractivity contribution >= 4 is 37.6 Å². The molecule has 2 aromatic rings. The Morgan fingerprint density at radius 1 is 1.38 bits per heavy atom. The maximum atomic E-state index is 14.9. The zero-order chi connectivity index (χ0) is 20.8. The van der Waals surface area contributed by atoms with E-state index < -0.39 is 17.3 Å². The van der Waals surface area contributed by atoms with Crippen LogP contribution in [0.15, 0.2) is 59.7 Å². The van der Waals surface area contributed by atoms with Crippen molar-refractivity contribution in [3.05, 3.63) is 76.9 Å². The number of hydrogen-bond donors (Lipinski definition) is 3. The molecule has 0 saturated heterocycles. The molecule has 29 heavy (non-hydrogen) atoms. The highest BCUT2D eigenvalue weighted by molar-refractivity contribution is 8.04. The van der Waals surface area contributed by atoms with Gasteiger partial charge in [0, 0.05) is 22.9 Å². The molecule has 0 bridgehead atoms. The molecule has 0 radical (unpaired) electrons. The topological polar surface area (TPSA) is 89.4 Å². The van der Waals surface area contributed by atoms with Gasteiger partial charge < -0.3 is 15.2 Å². The van der Waals surface area contributed by atoms with Gasteiger partial charge in [0.05, 0.1) is 24.7 Å². The van der Waals surface area contributed by atoms with Gasteiger partial charge >= 0.3 is 0 Å². The number of pyridine rings is 1. The molecule has 1 aliphatic heterocycles. The third kappa shape index (κ3) is 5.26. The van der Waals surface area contributed by atoms with Crippen molar-refractivity contribution in [1.29, 1.82) is 0 Å². The van der Waals surface area contributed by atoms with Crippen LogP contribution in [0, 0.1) is 11.6 Å². The molecule has 5 N–H and O–H groups in total. The van der Waals surface area contributed by atoms with E-state index in [0.29, 0.717) is 19.9 Å². The first-order valence-corrected chi connectivity index (χ1v) is 10.6. The Balaban J connectivity index is 1.82. The summed E-state index contributed by atoms with van der Waals surface area (Å²) in [5.41, 5.74) is 6.37. The zero-order valence-electron chi connectivity index (χ0n) is 15.5. The molecule has 1 aliphatic rings. The lowest BCUT2D eigenvalue weighted by Crippen LogP contribution is -2.28. The normalized spacial score (nSPS) is 14.6. The lowest BCUT2D eigenvalue weighted by Gasteiger charge is -2.19. The summed E-state index contributed by atoms with van der Waals surface area (Å²) in [6.07, 6.45) is 9.26. The number of benzene rings is 1. The van der Waals surface area contributed by atoms with Gasteiger partial charge in [-0.3, -0.25) is 9.99 Å². The number of nitrogens with zero attached hydrogens (tertiary/aromatic N) is 2. The smallest absolute Gasteiger partial charge is 0.175 e. The summed E-state index contributed by atoms with van der Waals surface area (Å²) in [6.45, 7) is 0. The number of nitrogens with two attached hydrogens (primary N) is 2. The van der Waals surface area contributed by atoms with Gasteiger partial charge in [-0.1, -0.05) is 20.7 Å². The minimum Gasteiger partial charge on any atom is -0.495 e. The fourth-order valence-corrected chi connectivity index (χ4v) is 4.17. The standard InChI is InChI=1S/C19H20F2N5OPS/c1-27-13-7-12(8-24-9-13)16(22)10-26(23)19-15(20)4-5-17(18(19)21)25-29-14-3-2-6-28-11-14/h2-5,7-11,25,28H,6,22-23H2,1H3/b16-10-. The van der Waals surface area contributed by atoms with Crippen molar-refractivity contribution in [2.24, 2.45) is 11.6 Å². The van der Waals surface area contributed by atoms with Gasteiger partial charge in [-0.2, -0.15) is 0 Å². The second-order valence-electron chi connectivity index (χ2n) is 5.92. The number of hydrogen-bond acceptors (Lipinski definition) is 7. The van der Waals surface area contributed by atoms with E-state index in [1.165, 1.54) is 43.7 Å². The Hall–Kier alpha value is -2.61. The van der Waals surface area contributed by atoms with E-state index >= 15 is 0 Å². The summed E-state index contributed by atoms with van der Waals surface area (Å²) >= 11 is 1.25. The molecular formula is C19H20F2N5OPS. The first kappa shape index (κ1) is 21.1. The van der Waals surface area contributed by atoms with Crippen LogP contribution >= 0.6 is 20.5 Å². The summed E-state index contributed by atoms with van der Waals surface area (Å²) in [7, 11) is 2.19. The van der Waals surface area contributed by atoms with Crippen LogP contribution < -0.4 is 26.0 Å². The molecule has 6 nitrogen and oxygen atoms in total. The Labute approximate surface area is 173 Å². The lowest BCUT2D eigenvalue weighted by atomic mass is 10.2. The first-order valence-electron chi connectivity index (χ1n) is 8.51. The Bertz CT molecular complexity index is 983. The van der Waals surface area contributed by atoms with E-state index in [1.807, 2.05) is 6.08 Å². The molecule has 10 heteroatoms. The average molecular weight is 435 g/mol. The number of aromatic nitrogens is 1. The van der Waals surface area contributed by atoms with Crippen molar-refractivity contribution < 1.29 is 13.5 Å². The van der Waals surface area contributed by atoms with Crippen LogP contribution in [0.4, 0.5) is 20.2 Å². The molecule has 0 amide bonds. The van der Waals surface area contributed by atoms with E-state index in [1.54, 1.807) is 6.07 Å². The van der Waals surface area contributed by atoms with Crippen LogP contribution in [0.3, 0.4) is 0 Å². The van der Waals surface area contributed by atoms with Gasteiger partial charge in [-0.15, -0.1) is 0 Å². The third-order valence-electron chi connectivity index (χ3n) is 3.93. The van der Waals surface area contributed by atoms with Crippen molar-refractivity contribution in [2.75, 3.05) is 23.0 Å². The summed E-state index contributed by atoms with van der Waals surface area (Å²) < 4.78 is 37.3. The van der Waals surface area contributed by atoms with E-state index in [9.17, 15) is 8.78 Å². The molecule has 0 spiro atoms. The molecule has 1 aromatic heterocycles. The van der Waals surface area contributed by atoms with Crippen LogP contribution in [-0.2, 0) is 0 Å². The fraction of sp³-hybridized carbons (Fsp3) is 0.105. The van der Waals surface area contributed by atoms with E-state index in [0.717, 1.165) is 22.1 Å². The fourth-order valence-electron chi connectivity index (χ4n) is 2.46. The van der Waals surface area contributed by atoms with Crippen molar-refractivity contribution in [3.63, 3.8) is 0 Å². The monoisotopic (exact) mass is 435 g/mol. The van der Waals surface area contributed by atoms with Crippen LogP contribution in [-0.4, -0.2) is 18.3 Å². The lowest BCUT2D eigenvalue weighted by molar-refractivity contribution is 0.412. The molecule has 1 atom stereocenters. The largest absolute Gasteiger partial charge is 0.495 e. The molecule has 2 heterocycles. The molecule has 0 aliphatic carbocycles. The van der Waals surface area contributed by atoms with Gasteiger partial charge in [0.15, 0.2) is 11.6 Å². The molecule has 3 rings (SSSR count). The van der Waals surface area contributed by atoms with Crippen LogP contribution in [0.25, 0.3) is 5.70 Å². The summed E-state index contributed by atoms with van der Waals surface area (Å²) in [5, 5.41) is 0.816. The second-order valence-corrected chi connectivity index (χ2v) is 7.91. The zero-order valence-corrected chi connectivity index (χ0v) is 17.3. The number of anilines is 2. The summed E-state index contributed by atoms with van der Waals surface area (Å²) in [4.78, 5) is 4.97. The number of methoxy groups -OCH3 is 1. The minimum absolute atomic E-state index is 0.111. The predicted molar refractivity (Wildman–Crippen MR) is 118 cm³/mol. The highest BCUT2D eigenvalue weighted by Crippen LogP contribution is 2.33.